The van der Waals surface area contributed by atoms with Crippen molar-refractivity contribution in [2.45, 2.75) is 45.6 Å². The molecule has 0 amide bonds. The van der Waals surface area contributed by atoms with Gasteiger partial charge in [0.2, 0.25) is 0 Å². The molecule has 0 fully saturated rings. The van der Waals surface area contributed by atoms with Crippen LogP contribution in [0.4, 0.5) is 0 Å². The molecule has 5 nitrogen and oxygen atoms in total. The SMILES string of the molecule is CCC(CCO)CNC(CC)CC(N)=NO. The van der Waals surface area contributed by atoms with Gasteiger partial charge in [-0.05, 0) is 25.3 Å². The predicted molar refractivity (Wildman–Crippen MR) is 65.6 cm³/mol. The highest BCUT2D eigenvalue weighted by atomic mass is 16.4. The lowest BCUT2D eigenvalue weighted by Crippen LogP contribution is -2.36. The second kappa shape index (κ2) is 9.42. The minimum Gasteiger partial charge on any atom is -0.409 e. The fourth-order valence-corrected chi connectivity index (χ4v) is 1.62. The highest BCUT2D eigenvalue weighted by Gasteiger charge is 2.11. The van der Waals surface area contributed by atoms with E-state index in [0.717, 1.165) is 25.8 Å². The lowest BCUT2D eigenvalue weighted by atomic mass is 10.0. The molecule has 0 radical (unpaired) electrons. The molecule has 0 heterocycles. The lowest BCUT2D eigenvalue weighted by Gasteiger charge is -2.20. The third-order valence-electron chi connectivity index (χ3n) is 2.89. The van der Waals surface area contributed by atoms with Crippen molar-refractivity contribution in [1.82, 2.24) is 5.32 Å². The molecule has 0 aromatic rings. The molecule has 0 aliphatic heterocycles. The van der Waals surface area contributed by atoms with Crippen LogP contribution in [0.25, 0.3) is 0 Å². The van der Waals surface area contributed by atoms with Crippen LogP contribution in [0.3, 0.4) is 0 Å². The second-order valence-corrected chi connectivity index (χ2v) is 4.10. The van der Waals surface area contributed by atoms with Gasteiger partial charge in [-0.25, -0.2) is 0 Å². The molecule has 0 saturated heterocycles. The molecule has 0 aliphatic carbocycles. The first kappa shape index (κ1) is 15.2. The molecule has 0 aromatic heterocycles. The van der Waals surface area contributed by atoms with Crippen molar-refractivity contribution in [3.8, 4) is 0 Å². The molecule has 96 valence electrons. The van der Waals surface area contributed by atoms with E-state index < -0.39 is 0 Å². The summed E-state index contributed by atoms with van der Waals surface area (Å²) in [5.41, 5.74) is 5.47. The van der Waals surface area contributed by atoms with Crippen molar-refractivity contribution < 1.29 is 10.3 Å². The number of hydrogen-bond acceptors (Lipinski definition) is 4. The molecule has 0 saturated carbocycles. The number of nitrogens with two attached hydrogens (primary N) is 1. The average Bonchev–Trinajstić information content (AvgIpc) is 2.32. The Morgan fingerprint density at radius 2 is 2.06 bits per heavy atom. The van der Waals surface area contributed by atoms with Crippen LogP contribution in [0.15, 0.2) is 5.16 Å². The molecule has 0 spiro atoms. The number of aliphatic hydroxyl groups excluding tert-OH is 1. The first-order chi connectivity index (χ1) is 7.67. The van der Waals surface area contributed by atoms with E-state index in [1.165, 1.54) is 0 Å². The molecule has 0 bridgehead atoms. The van der Waals surface area contributed by atoms with E-state index in [0.29, 0.717) is 12.3 Å². The zero-order valence-electron chi connectivity index (χ0n) is 10.3. The van der Waals surface area contributed by atoms with Crippen LogP contribution in [0.1, 0.15) is 39.5 Å². The summed E-state index contributed by atoms with van der Waals surface area (Å²) in [6, 6.07) is 0.239. The van der Waals surface area contributed by atoms with Gasteiger partial charge in [-0.15, -0.1) is 0 Å². The van der Waals surface area contributed by atoms with E-state index in [9.17, 15) is 0 Å². The summed E-state index contributed by atoms with van der Waals surface area (Å²) in [7, 11) is 0. The summed E-state index contributed by atoms with van der Waals surface area (Å²) in [4.78, 5) is 0. The Labute approximate surface area is 97.7 Å². The van der Waals surface area contributed by atoms with Gasteiger partial charge < -0.3 is 21.4 Å². The summed E-state index contributed by atoms with van der Waals surface area (Å²) in [5, 5.41) is 23.7. The molecular formula is C11H25N3O2. The van der Waals surface area contributed by atoms with E-state index in [2.05, 4.69) is 24.3 Å². The van der Waals surface area contributed by atoms with Gasteiger partial charge in [-0.1, -0.05) is 25.4 Å². The van der Waals surface area contributed by atoms with Gasteiger partial charge in [0.1, 0.15) is 5.84 Å². The quantitative estimate of drug-likeness (QED) is 0.205. The van der Waals surface area contributed by atoms with Gasteiger partial charge in [0.15, 0.2) is 0 Å². The Balaban J connectivity index is 3.93. The zero-order valence-corrected chi connectivity index (χ0v) is 10.3. The molecule has 0 rings (SSSR count). The molecule has 2 atom stereocenters. The molecule has 5 heteroatoms. The minimum atomic E-state index is 0.233. The Kier molecular flexibility index (Phi) is 8.94. The maximum absolute atomic E-state index is 8.87. The summed E-state index contributed by atoms with van der Waals surface area (Å²) in [5.74, 6) is 0.751. The highest BCUT2D eigenvalue weighted by Crippen LogP contribution is 2.07. The average molecular weight is 231 g/mol. The van der Waals surface area contributed by atoms with E-state index in [4.69, 9.17) is 16.0 Å². The third-order valence-corrected chi connectivity index (χ3v) is 2.89. The number of rotatable bonds is 9. The maximum atomic E-state index is 8.87. The topological polar surface area (TPSA) is 90.9 Å². The first-order valence-corrected chi connectivity index (χ1v) is 5.98. The van der Waals surface area contributed by atoms with E-state index in [1.54, 1.807) is 0 Å². The summed E-state index contributed by atoms with van der Waals surface area (Å²) in [6.07, 6.45) is 3.37. The predicted octanol–water partition coefficient (Wildman–Crippen LogP) is 0.900. The van der Waals surface area contributed by atoms with Crippen LogP contribution in [0.5, 0.6) is 0 Å². The maximum Gasteiger partial charge on any atom is 0.140 e. The van der Waals surface area contributed by atoms with Gasteiger partial charge in [0, 0.05) is 19.1 Å². The van der Waals surface area contributed by atoms with Crippen LogP contribution >= 0.6 is 0 Å². The molecule has 5 N–H and O–H groups in total. The normalized spacial score (nSPS) is 16.1. The minimum absolute atomic E-state index is 0.233. The van der Waals surface area contributed by atoms with Gasteiger partial charge in [0.05, 0.1) is 0 Å². The number of nitrogens with one attached hydrogen (secondary N) is 1. The summed E-state index contributed by atoms with van der Waals surface area (Å²) < 4.78 is 0. The Morgan fingerprint density at radius 3 is 2.50 bits per heavy atom. The summed E-state index contributed by atoms with van der Waals surface area (Å²) in [6.45, 7) is 5.29. The van der Waals surface area contributed by atoms with E-state index >= 15 is 0 Å². The van der Waals surface area contributed by atoms with Crippen molar-refractivity contribution in [3.63, 3.8) is 0 Å². The zero-order chi connectivity index (χ0) is 12.4. The number of hydrogen-bond donors (Lipinski definition) is 4. The van der Waals surface area contributed by atoms with Crippen LogP contribution in [0, 0.1) is 5.92 Å². The highest BCUT2D eigenvalue weighted by molar-refractivity contribution is 5.80. The van der Waals surface area contributed by atoms with Gasteiger partial charge in [-0.3, -0.25) is 0 Å². The van der Waals surface area contributed by atoms with Crippen molar-refractivity contribution >= 4 is 5.84 Å². The Hall–Kier alpha value is -0.810. The van der Waals surface area contributed by atoms with Crippen molar-refractivity contribution in [3.05, 3.63) is 0 Å². The van der Waals surface area contributed by atoms with Gasteiger partial charge in [-0.2, -0.15) is 0 Å². The Bertz CT molecular complexity index is 198. The largest absolute Gasteiger partial charge is 0.409 e. The monoisotopic (exact) mass is 231 g/mol. The molecule has 16 heavy (non-hydrogen) atoms. The van der Waals surface area contributed by atoms with Crippen molar-refractivity contribution in [1.29, 1.82) is 0 Å². The standard InChI is InChI=1S/C11H25N3O2/c1-3-9(5-6-15)8-13-10(4-2)7-11(12)14-16/h9-10,13,15-16H,3-8H2,1-2H3,(H2,12,14). The number of nitrogens with zero attached hydrogens (tertiary/aromatic N) is 1. The van der Waals surface area contributed by atoms with E-state index in [1.807, 2.05) is 0 Å². The lowest BCUT2D eigenvalue weighted by molar-refractivity contribution is 0.248. The van der Waals surface area contributed by atoms with Gasteiger partial charge in [0.25, 0.3) is 0 Å². The van der Waals surface area contributed by atoms with E-state index in [-0.39, 0.29) is 18.5 Å². The second-order valence-electron chi connectivity index (χ2n) is 4.10. The molecule has 2 unspecified atom stereocenters. The molecule has 0 aromatic carbocycles. The van der Waals surface area contributed by atoms with Crippen LogP contribution in [0.2, 0.25) is 0 Å². The fraction of sp³-hybridized carbons (Fsp3) is 0.909. The Morgan fingerprint density at radius 1 is 1.38 bits per heavy atom. The van der Waals surface area contributed by atoms with Crippen molar-refractivity contribution in [2.24, 2.45) is 16.8 Å². The molecule has 0 aliphatic rings. The van der Waals surface area contributed by atoms with Crippen LogP contribution in [-0.2, 0) is 0 Å². The van der Waals surface area contributed by atoms with Crippen molar-refractivity contribution in [2.75, 3.05) is 13.2 Å². The number of amidine groups is 1. The molecular weight excluding hydrogens is 206 g/mol. The van der Waals surface area contributed by atoms with Crippen LogP contribution < -0.4 is 11.1 Å². The third kappa shape index (κ3) is 6.63. The smallest absolute Gasteiger partial charge is 0.140 e. The first-order valence-electron chi connectivity index (χ1n) is 5.98. The van der Waals surface area contributed by atoms with Gasteiger partial charge >= 0.3 is 0 Å². The number of aliphatic hydroxyl groups is 1. The number of oxime groups is 1. The fourth-order valence-electron chi connectivity index (χ4n) is 1.62. The van der Waals surface area contributed by atoms with Crippen LogP contribution in [-0.4, -0.2) is 35.3 Å². The summed E-state index contributed by atoms with van der Waals surface area (Å²) >= 11 is 0.